The van der Waals surface area contributed by atoms with E-state index in [1.165, 1.54) is 7.11 Å². The molecule has 2 nitrogen and oxygen atoms in total. The maximum atomic E-state index is 11.1. The molecule has 0 saturated heterocycles. The lowest BCUT2D eigenvalue weighted by Gasteiger charge is -2.07. The van der Waals surface area contributed by atoms with Gasteiger partial charge in [0.25, 0.3) is 0 Å². The fraction of sp³-hybridized carbons (Fsp3) is 1.00. The summed E-state index contributed by atoms with van der Waals surface area (Å²) >= 11 is 0. The molecule has 0 bridgehead atoms. The quantitative estimate of drug-likeness (QED) is 0.575. The van der Waals surface area contributed by atoms with Gasteiger partial charge < -0.3 is 4.52 Å². The minimum absolute atomic E-state index is 0.722. The lowest BCUT2D eigenvalue weighted by Crippen LogP contribution is -1.88. The maximum absolute atomic E-state index is 11.1. The molecular formula is C6H15O2P. The van der Waals surface area contributed by atoms with Crippen LogP contribution < -0.4 is 0 Å². The van der Waals surface area contributed by atoms with E-state index in [0.717, 1.165) is 19.0 Å². The Labute approximate surface area is 57.1 Å². The van der Waals surface area contributed by atoms with Crippen LogP contribution in [-0.4, -0.2) is 19.9 Å². The molecule has 3 heteroatoms. The highest BCUT2D eigenvalue weighted by Gasteiger charge is 2.10. The molecule has 0 aromatic heterocycles. The van der Waals surface area contributed by atoms with Gasteiger partial charge in [0.2, 0.25) is 0 Å². The van der Waals surface area contributed by atoms with Crippen molar-refractivity contribution in [2.75, 3.05) is 19.9 Å². The number of hydrogen-bond donors (Lipinski definition) is 0. The van der Waals surface area contributed by atoms with Crippen LogP contribution in [0.5, 0.6) is 0 Å². The van der Waals surface area contributed by atoms with E-state index >= 15 is 0 Å². The van der Waals surface area contributed by atoms with Gasteiger partial charge >= 0.3 is 0 Å². The Hall–Kier alpha value is 0.190. The van der Waals surface area contributed by atoms with Gasteiger partial charge in [-0.05, 0) is 6.42 Å². The summed E-state index contributed by atoms with van der Waals surface area (Å²) in [6.07, 6.45) is 2.81. The number of rotatable bonds is 4. The minimum Gasteiger partial charge on any atom is -0.332 e. The predicted octanol–water partition coefficient (Wildman–Crippen LogP) is 2.34. The molecule has 1 unspecified atom stereocenters. The molecule has 0 fully saturated rings. The van der Waals surface area contributed by atoms with Gasteiger partial charge in [-0.2, -0.15) is 0 Å². The first-order valence-corrected chi connectivity index (χ1v) is 5.50. The van der Waals surface area contributed by atoms with Crippen LogP contribution in [0, 0.1) is 0 Å². The largest absolute Gasteiger partial charge is 0.332 e. The van der Waals surface area contributed by atoms with Crippen LogP contribution in [0.2, 0.25) is 0 Å². The first-order valence-electron chi connectivity index (χ1n) is 3.24. The van der Waals surface area contributed by atoms with Gasteiger partial charge in [-0.1, -0.05) is 13.3 Å². The summed E-state index contributed by atoms with van der Waals surface area (Å²) in [6.45, 7) is 3.76. The normalized spacial score (nSPS) is 17.2. The topological polar surface area (TPSA) is 26.3 Å². The molecular weight excluding hydrogens is 135 g/mol. The standard InChI is InChI=1S/C6H15O2P/c1-4-5-6-9(3,7)8-2/h4-6H2,1-3H3. The minimum atomic E-state index is -2.19. The first-order chi connectivity index (χ1) is 4.12. The van der Waals surface area contributed by atoms with Crippen LogP contribution in [-0.2, 0) is 9.09 Å². The van der Waals surface area contributed by atoms with Gasteiger partial charge in [0.1, 0.15) is 0 Å². The van der Waals surface area contributed by atoms with E-state index in [1.54, 1.807) is 6.66 Å². The summed E-state index contributed by atoms with van der Waals surface area (Å²) in [5, 5.41) is 0. The number of unbranched alkanes of at least 4 members (excludes halogenated alkanes) is 1. The van der Waals surface area contributed by atoms with Gasteiger partial charge in [-0.3, -0.25) is 4.57 Å². The van der Waals surface area contributed by atoms with E-state index in [1.807, 2.05) is 0 Å². The fourth-order valence-corrected chi connectivity index (χ4v) is 1.61. The summed E-state index contributed by atoms with van der Waals surface area (Å²) in [5.41, 5.74) is 0. The summed E-state index contributed by atoms with van der Waals surface area (Å²) in [5.74, 6) is 0. The van der Waals surface area contributed by atoms with Crippen molar-refractivity contribution in [1.82, 2.24) is 0 Å². The van der Waals surface area contributed by atoms with E-state index in [2.05, 4.69) is 6.92 Å². The monoisotopic (exact) mass is 150 g/mol. The summed E-state index contributed by atoms with van der Waals surface area (Å²) in [4.78, 5) is 0. The van der Waals surface area contributed by atoms with Gasteiger partial charge in [0.05, 0.1) is 0 Å². The van der Waals surface area contributed by atoms with Crippen molar-refractivity contribution in [2.24, 2.45) is 0 Å². The van der Waals surface area contributed by atoms with Gasteiger partial charge in [0.15, 0.2) is 7.37 Å². The fourth-order valence-electron chi connectivity index (χ4n) is 0.537. The highest BCUT2D eigenvalue weighted by molar-refractivity contribution is 7.58. The zero-order valence-electron chi connectivity index (χ0n) is 6.39. The van der Waals surface area contributed by atoms with Crippen molar-refractivity contribution in [2.45, 2.75) is 19.8 Å². The molecule has 0 amide bonds. The molecule has 0 aliphatic heterocycles. The smallest absolute Gasteiger partial charge is 0.199 e. The molecule has 0 saturated carbocycles. The molecule has 0 N–H and O–H groups in total. The van der Waals surface area contributed by atoms with Crippen LogP contribution in [0.25, 0.3) is 0 Å². The van der Waals surface area contributed by atoms with Crippen molar-refractivity contribution >= 4 is 7.37 Å². The van der Waals surface area contributed by atoms with E-state index < -0.39 is 7.37 Å². The molecule has 0 heterocycles. The van der Waals surface area contributed by atoms with Crippen molar-refractivity contribution in [1.29, 1.82) is 0 Å². The highest BCUT2D eigenvalue weighted by Crippen LogP contribution is 2.41. The van der Waals surface area contributed by atoms with Crippen molar-refractivity contribution in [3.05, 3.63) is 0 Å². The summed E-state index contributed by atoms with van der Waals surface area (Å²) in [7, 11) is -0.680. The predicted molar refractivity (Wildman–Crippen MR) is 40.3 cm³/mol. The Balaban J connectivity index is 3.46. The molecule has 0 aromatic rings. The van der Waals surface area contributed by atoms with Gasteiger partial charge in [-0.25, -0.2) is 0 Å². The van der Waals surface area contributed by atoms with E-state index in [-0.39, 0.29) is 0 Å². The van der Waals surface area contributed by atoms with Crippen molar-refractivity contribution in [3.63, 3.8) is 0 Å². The van der Waals surface area contributed by atoms with Crippen molar-refractivity contribution < 1.29 is 9.09 Å². The van der Waals surface area contributed by atoms with E-state index in [4.69, 9.17) is 4.52 Å². The molecule has 0 aliphatic rings. The third-order valence-electron chi connectivity index (χ3n) is 1.30. The Bertz CT molecular complexity index is 112. The Morgan fingerprint density at radius 3 is 2.44 bits per heavy atom. The Morgan fingerprint density at radius 1 is 1.56 bits per heavy atom. The van der Waals surface area contributed by atoms with Crippen LogP contribution in [0.3, 0.4) is 0 Å². The molecule has 0 spiro atoms. The highest BCUT2D eigenvalue weighted by atomic mass is 31.2. The van der Waals surface area contributed by atoms with E-state index in [0.29, 0.717) is 0 Å². The SMILES string of the molecule is CCCCP(C)(=O)OC. The zero-order valence-corrected chi connectivity index (χ0v) is 7.28. The Morgan fingerprint density at radius 2 is 2.11 bits per heavy atom. The molecule has 0 radical (unpaired) electrons. The average Bonchev–Trinajstić information content (AvgIpc) is 1.84. The molecule has 1 atom stereocenters. The third-order valence-corrected chi connectivity index (χ3v) is 3.21. The zero-order chi connectivity index (χ0) is 7.33. The molecule has 0 aromatic carbocycles. The van der Waals surface area contributed by atoms with Gasteiger partial charge in [-0.15, -0.1) is 0 Å². The lowest BCUT2D eigenvalue weighted by molar-refractivity contribution is 0.397. The molecule has 9 heavy (non-hydrogen) atoms. The van der Waals surface area contributed by atoms with Crippen LogP contribution >= 0.6 is 7.37 Å². The third kappa shape index (κ3) is 4.68. The second-order valence-corrected chi connectivity index (χ2v) is 5.11. The Kier molecular flexibility index (Phi) is 4.16. The second kappa shape index (κ2) is 4.08. The average molecular weight is 150 g/mol. The molecule has 56 valence electrons. The van der Waals surface area contributed by atoms with Crippen LogP contribution in [0.1, 0.15) is 19.8 Å². The van der Waals surface area contributed by atoms with E-state index in [9.17, 15) is 4.57 Å². The summed E-state index contributed by atoms with van der Waals surface area (Å²) < 4.78 is 15.9. The first kappa shape index (κ1) is 9.19. The number of hydrogen-bond acceptors (Lipinski definition) is 2. The summed E-state index contributed by atoms with van der Waals surface area (Å²) in [6, 6.07) is 0. The van der Waals surface area contributed by atoms with Crippen LogP contribution in [0.4, 0.5) is 0 Å². The molecule has 0 aliphatic carbocycles. The maximum Gasteiger partial charge on any atom is 0.199 e. The molecule has 0 rings (SSSR count). The van der Waals surface area contributed by atoms with Crippen molar-refractivity contribution in [3.8, 4) is 0 Å². The lowest BCUT2D eigenvalue weighted by atomic mass is 10.4. The van der Waals surface area contributed by atoms with Gasteiger partial charge in [0, 0.05) is 19.9 Å². The van der Waals surface area contributed by atoms with Crippen LogP contribution in [0.15, 0.2) is 0 Å². The second-order valence-electron chi connectivity index (χ2n) is 2.27.